The molecule has 9 heteroatoms. The van der Waals surface area contributed by atoms with E-state index in [4.69, 9.17) is 16.7 Å². The maximum atomic E-state index is 11.2. The molecule has 1 fully saturated rings. The predicted octanol–water partition coefficient (Wildman–Crippen LogP) is 3.06. The van der Waals surface area contributed by atoms with Crippen LogP contribution in [-0.4, -0.2) is 33.1 Å². The lowest BCUT2D eigenvalue weighted by Crippen LogP contribution is -2.11. The monoisotopic (exact) mass is 349 g/mol. The van der Waals surface area contributed by atoms with Crippen molar-refractivity contribution in [1.29, 1.82) is 0 Å². The topological polar surface area (TPSA) is 113 Å². The SMILES string of the molecule is O=[N+]([O-])c1ccc(Cl)cc1Nc1cc(C2CC2)nc(NCCO)n1. The van der Waals surface area contributed by atoms with Crippen LogP contribution in [0.15, 0.2) is 24.3 Å². The fraction of sp³-hybridized carbons (Fsp3) is 0.333. The van der Waals surface area contributed by atoms with Crippen LogP contribution >= 0.6 is 11.6 Å². The van der Waals surface area contributed by atoms with Gasteiger partial charge in [0.2, 0.25) is 5.95 Å². The minimum absolute atomic E-state index is 0.0421. The molecule has 0 atom stereocenters. The summed E-state index contributed by atoms with van der Waals surface area (Å²) in [7, 11) is 0. The minimum atomic E-state index is -0.480. The van der Waals surface area contributed by atoms with Crippen molar-refractivity contribution in [2.24, 2.45) is 0 Å². The van der Waals surface area contributed by atoms with E-state index >= 15 is 0 Å². The molecule has 3 rings (SSSR count). The number of aliphatic hydroxyl groups is 1. The summed E-state index contributed by atoms with van der Waals surface area (Å²) in [5.41, 5.74) is 1.05. The molecule has 2 aromatic rings. The second-order valence-electron chi connectivity index (χ2n) is 5.47. The highest BCUT2D eigenvalue weighted by Crippen LogP contribution is 2.40. The second kappa shape index (κ2) is 6.98. The predicted molar refractivity (Wildman–Crippen MR) is 91.0 cm³/mol. The lowest BCUT2D eigenvalue weighted by atomic mass is 10.2. The van der Waals surface area contributed by atoms with Gasteiger partial charge in [-0.25, -0.2) is 4.98 Å². The maximum Gasteiger partial charge on any atom is 0.292 e. The Morgan fingerprint density at radius 1 is 1.33 bits per heavy atom. The van der Waals surface area contributed by atoms with Gasteiger partial charge in [-0.15, -0.1) is 0 Å². The van der Waals surface area contributed by atoms with Crippen LogP contribution in [-0.2, 0) is 0 Å². The van der Waals surface area contributed by atoms with Crippen molar-refractivity contribution in [3.63, 3.8) is 0 Å². The number of anilines is 3. The zero-order chi connectivity index (χ0) is 17.1. The largest absolute Gasteiger partial charge is 0.395 e. The number of aromatic nitrogens is 2. The third-order valence-electron chi connectivity index (χ3n) is 3.55. The Labute approximate surface area is 143 Å². The zero-order valence-corrected chi connectivity index (χ0v) is 13.5. The molecule has 24 heavy (non-hydrogen) atoms. The molecule has 1 aliphatic carbocycles. The van der Waals surface area contributed by atoms with Crippen molar-refractivity contribution in [2.45, 2.75) is 18.8 Å². The third kappa shape index (κ3) is 3.90. The Hall–Kier alpha value is -2.45. The standard InChI is InChI=1S/C15H16ClN5O3/c16-10-3-4-13(21(23)24)12(7-10)18-14-8-11(9-1-2-9)19-15(20-14)17-5-6-22/h3-4,7-9,22H,1-2,5-6H2,(H2,17,18,19,20). The van der Waals surface area contributed by atoms with Crippen LogP contribution in [0.2, 0.25) is 5.02 Å². The molecule has 0 spiro atoms. The number of nitrogens with one attached hydrogen (secondary N) is 2. The lowest BCUT2D eigenvalue weighted by molar-refractivity contribution is -0.383. The molecular weight excluding hydrogens is 334 g/mol. The van der Waals surface area contributed by atoms with Gasteiger partial charge in [0.05, 0.1) is 17.2 Å². The summed E-state index contributed by atoms with van der Waals surface area (Å²) in [5, 5.41) is 26.4. The fourth-order valence-electron chi connectivity index (χ4n) is 2.27. The van der Waals surface area contributed by atoms with Gasteiger partial charge >= 0.3 is 0 Å². The van der Waals surface area contributed by atoms with Crippen LogP contribution < -0.4 is 10.6 Å². The van der Waals surface area contributed by atoms with E-state index in [1.54, 1.807) is 6.07 Å². The van der Waals surface area contributed by atoms with Crippen LogP contribution in [0.3, 0.4) is 0 Å². The molecule has 1 aromatic heterocycles. The molecule has 3 N–H and O–H groups in total. The number of nitro benzene ring substituents is 1. The molecule has 0 bridgehead atoms. The molecule has 1 saturated carbocycles. The van der Waals surface area contributed by atoms with Gasteiger partial charge in [0, 0.05) is 29.6 Å². The average Bonchev–Trinajstić information content (AvgIpc) is 3.37. The normalized spacial score (nSPS) is 13.6. The maximum absolute atomic E-state index is 11.2. The van der Waals surface area contributed by atoms with E-state index in [0.717, 1.165) is 18.5 Å². The first-order chi connectivity index (χ1) is 11.6. The van der Waals surface area contributed by atoms with E-state index in [0.29, 0.717) is 29.3 Å². The second-order valence-corrected chi connectivity index (χ2v) is 5.91. The number of nitro groups is 1. The lowest BCUT2D eigenvalue weighted by Gasteiger charge is -2.11. The molecule has 1 aromatic carbocycles. The van der Waals surface area contributed by atoms with E-state index in [9.17, 15) is 10.1 Å². The summed E-state index contributed by atoms with van der Waals surface area (Å²) in [6.45, 7) is 0.282. The smallest absolute Gasteiger partial charge is 0.292 e. The summed E-state index contributed by atoms with van der Waals surface area (Å²) in [5.74, 6) is 1.20. The van der Waals surface area contributed by atoms with Gasteiger partial charge in [0.25, 0.3) is 5.69 Å². The first-order valence-electron chi connectivity index (χ1n) is 7.51. The number of rotatable bonds is 7. The van der Waals surface area contributed by atoms with Gasteiger partial charge in [-0.2, -0.15) is 4.98 Å². The zero-order valence-electron chi connectivity index (χ0n) is 12.7. The Morgan fingerprint density at radius 3 is 2.79 bits per heavy atom. The Balaban J connectivity index is 1.93. The highest BCUT2D eigenvalue weighted by molar-refractivity contribution is 6.31. The Bertz CT molecular complexity index is 767. The highest BCUT2D eigenvalue weighted by atomic mass is 35.5. The van der Waals surface area contributed by atoms with Crippen LogP contribution in [0.1, 0.15) is 24.5 Å². The molecule has 0 amide bonds. The number of aliphatic hydroxyl groups excluding tert-OH is 1. The Morgan fingerprint density at radius 2 is 2.12 bits per heavy atom. The van der Waals surface area contributed by atoms with Crippen molar-refractivity contribution in [2.75, 3.05) is 23.8 Å². The molecular formula is C15H16ClN5O3. The van der Waals surface area contributed by atoms with E-state index in [-0.39, 0.29) is 18.0 Å². The summed E-state index contributed by atoms with van der Waals surface area (Å²) in [4.78, 5) is 19.4. The van der Waals surface area contributed by atoms with Crippen molar-refractivity contribution in [3.8, 4) is 0 Å². The Kier molecular flexibility index (Phi) is 4.77. The minimum Gasteiger partial charge on any atom is -0.395 e. The number of hydrogen-bond acceptors (Lipinski definition) is 7. The van der Waals surface area contributed by atoms with E-state index in [1.807, 2.05) is 0 Å². The summed E-state index contributed by atoms with van der Waals surface area (Å²) in [6.07, 6.45) is 2.13. The summed E-state index contributed by atoms with van der Waals surface area (Å²) >= 11 is 5.94. The molecule has 1 aliphatic rings. The summed E-state index contributed by atoms with van der Waals surface area (Å²) in [6, 6.07) is 6.08. The van der Waals surface area contributed by atoms with Crippen molar-refractivity contribution in [1.82, 2.24) is 9.97 Å². The molecule has 0 saturated heterocycles. The van der Waals surface area contributed by atoms with Gasteiger partial charge in [0.15, 0.2) is 0 Å². The molecule has 126 valence electrons. The van der Waals surface area contributed by atoms with Crippen LogP contribution in [0, 0.1) is 10.1 Å². The average molecular weight is 350 g/mol. The van der Waals surface area contributed by atoms with E-state index in [1.165, 1.54) is 18.2 Å². The van der Waals surface area contributed by atoms with E-state index in [2.05, 4.69) is 20.6 Å². The molecule has 8 nitrogen and oxygen atoms in total. The first-order valence-corrected chi connectivity index (χ1v) is 7.89. The van der Waals surface area contributed by atoms with Gasteiger partial charge in [-0.05, 0) is 25.0 Å². The van der Waals surface area contributed by atoms with Crippen LogP contribution in [0.25, 0.3) is 0 Å². The highest BCUT2D eigenvalue weighted by Gasteiger charge is 2.26. The molecule has 0 aliphatic heterocycles. The number of nitrogens with zero attached hydrogens (tertiary/aromatic N) is 3. The van der Waals surface area contributed by atoms with Crippen molar-refractivity contribution >= 4 is 34.7 Å². The van der Waals surface area contributed by atoms with Gasteiger partial charge in [0.1, 0.15) is 11.5 Å². The first kappa shape index (κ1) is 16.4. The molecule has 0 unspecified atom stereocenters. The van der Waals surface area contributed by atoms with Gasteiger partial charge < -0.3 is 15.7 Å². The van der Waals surface area contributed by atoms with Crippen LogP contribution in [0.4, 0.5) is 23.1 Å². The van der Waals surface area contributed by atoms with E-state index < -0.39 is 4.92 Å². The number of hydrogen-bond donors (Lipinski definition) is 3. The van der Waals surface area contributed by atoms with Gasteiger partial charge in [-0.3, -0.25) is 10.1 Å². The van der Waals surface area contributed by atoms with Gasteiger partial charge in [-0.1, -0.05) is 11.6 Å². The van der Waals surface area contributed by atoms with Crippen molar-refractivity contribution < 1.29 is 10.0 Å². The molecule has 1 heterocycles. The third-order valence-corrected chi connectivity index (χ3v) is 3.79. The summed E-state index contributed by atoms with van der Waals surface area (Å²) < 4.78 is 0. The van der Waals surface area contributed by atoms with Crippen molar-refractivity contribution in [3.05, 3.63) is 45.1 Å². The quantitative estimate of drug-likeness (QED) is 0.520. The van der Waals surface area contributed by atoms with Crippen LogP contribution in [0.5, 0.6) is 0 Å². The number of benzene rings is 1. The number of halogens is 1. The molecule has 0 radical (unpaired) electrons. The fourth-order valence-corrected chi connectivity index (χ4v) is 2.44.